The van der Waals surface area contributed by atoms with Crippen molar-refractivity contribution in [2.45, 2.75) is 181 Å². The minimum Gasteiger partial charge on any atom is -0.466 e. The zero-order valence-electron chi connectivity index (χ0n) is 32.4. The molecular formula is C43H78N2O4. The number of carbonyl (C=O) groups excluding carboxylic acids is 2. The molecular weight excluding hydrogens is 608 g/mol. The van der Waals surface area contributed by atoms with Crippen molar-refractivity contribution in [1.29, 1.82) is 0 Å². The molecule has 0 unspecified atom stereocenters. The van der Waals surface area contributed by atoms with Gasteiger partial charge >= 0.3 is 11.9 Å². The molecule has 0 saturated heterocycles. The summed E-state index contributed by atoms with van der Waals surface area (Å²) < 4.78 is 10.8. The average Bonchev–Trinajstić information content (AvgIpc) is 3.10. The molecule has 0 spiro atoms. The van der Waals surface area contributed by atoms with Crippen molar-refractivity contribution in [1.82, 2.24) is 10.4 Å². The third-order valence-electron chi connectivity index (χ3n) is 8.58. The Kier molecular flexibility index (Phi) is 38.5. The number of hydrogen-bond donors (Lipinski definition) is 1. The molecule has 0 aliphatic heterocycles. The zero-order valence-corrected chi connectivity index (χ0v) is 32.4. The first-order valence-corrected chi connectivity index (χ1v) is 20.5. The highest BCUT2D eigenvalue weighted by Gasteiger charge is 2.07. The van der Waals surface area contributed by atoms with Crippen molar-refractivity contribution >= 4 is 11.9 Å². The van der Waals surface area contributed by atoms with E-state index in [2.05, 4.69) is 67.9 Å². The number of carbonyl (C=O) groups is 2. The number of unbranched alkanes of at least 4 members (excludes halogenated alkanes) is 18. The van der Waals surface area contributed by atoms with E-state index in [1.807, 2.05) is 12.1 Å². The van der Waals surface area contributed by atoms with Crippen LogP contribution in [-0.4, -0.2) is 50.3 Å². The molecule has 6 heteroatoms. The van der Waals surface area contributed by atoms with Gasteiger partial charge in [-0.15, -0.1) is 0 Å². The van der Waals surface area contributed by atoms with Gasteiger partial charge < -0.3 is 9.47 Å². The van der Waals surface area contributed by atoms with Gasteiger partial charge in [-0.25, -0.2) is 5.01 Å². The number of hydrazine groups is 1. The molecule has 0 heterocycles. The van der Waals surface area contributed by atoms with E-state index >= 15 is 0 Å². The Morgan fingerprint density at radius 1 is 0.490 bits per heavy atom. The Morgan fingerprint density at radius 2 is 0.857 bits per heavy atom. The van der Waals surface area contributed by atoms with Gasteiger partial charge in [-0.05, 0) is 77.0 Å². The van der Waals surface area contributed by atoms with E-state index in [9.17, 15) is 9.59 Å². The van der Waals surface area contributed by atoms with E-state index in [1.54, 1.807) is 0 Å². The Bertz CT molecular complexity index is 836. The first kappa shape index (κ1) is 46.8. The quantitative estimate of drug-likeness (QED) is 0.0304. The molecule has 0 aromatic rings. The van der Waals surface area contributed by atoms with Gasteiger partial charge in [-0.2, -0.15) is 0 Å². The first-order chi connectivity index (χ1) is 24.1. The number of rotatable bonds is 37. The van der Waals surface area contributed by atoms with Crippen molar-refractivity contribution in [2.24, 2.45) is 0 Å². The van der Waals surface area contributed by atoms with E-state index in [1.165, 1.54) is 116 Å². The summed E-state index contributed by atoms with van der Waals surface area (Å²) in [6.45, 7) is 6.55. The lowest BCUT2D eigenvalue weighted by molar-refractivity contribution is -0.145. The fourth-order valence-corrected chi connectivity index (χ4v) is 5.38. The van der Waals surface area contributed by atoms with Crippen molar-refractivity contribution in [3.63, 3.8) is 0 Å². The van der Waals surface area contributed by atoms with Crippen molar-refractivity contribution < 1.29 is 19.1 Å². The second-order valence-electron chi connectivity index (χ2n) is 13.4. The molecule has 0 aromatic heterocycles. The van der Waals surface area contributed by atoms with Crippen molar-refractivity contribution in [2.75, 3.05) is 33.4 Å². The minimum absolute atomic E-state index is 0.163. The standard InChI is InChI=1S/C43H78N2O4/c1-4-6-8-10-12-14-16-18-20-22-24-26-28-30-32-34-40-48-42(46)36-38-44-45(3)39-37-43(47)49-41-35-33-31-29-27-25-23-21-19-17-15-13-11-9-7-5-2/h12-15,18-21,44H,4-11,16-17,22-41H2,1-3H3/b14-12-,15-13-,20-18-,21-19-. The molecule has 0 radical (unpaired) electrons. The third-order valence-corrected chi connectivity index (χ3v) is 8.58. The molecule has 284 valence electrons. The van der Waals surface area contributed by atoms with Crippen LogP contribution in [0.4, 0.5) is 0 Å². The normalized spacial score (nSPS) is 12.1. The second-order valence-corrected chi connectivity index (χ2v) is 13.4. The molecule has 6 nitrogen and oxygen atoms in total. The van der Waals surface area contributed by atoms with Crippen LogP contribution in [0.25, 0.3) is 0 Å². The topological polar surface area (TPSA) is 67.9 Å². The van der Waals surface area contributed by atoms with Crippen molar-refractivity contribution in [3.05, 3.63) is 48.6 Å². The summed E-state index contributed by atoms with van der Waals surface area (Å²) in [4.78, 5) is 24.1. The summed E-state index contributed by atoms with van der Waals surface area (Å²) >= 11 is 0. The molecule has 0 atom stereocenters. The van der Waals surface area contributed by atoms with Gasteiger partial charge in [0.1, 0.15) is 0 Å². The molecule has 0 bridgehead atoms. The largest absolute Gasteiger partial charge is 0.466 e. The zero-order chi connectivity index (χ0) is 35.7. The fourth-order valence-electron chi connectivity index (χ4n) is 5.38. The van der Waals surface area contributed by atoms with Crippen LogP contribution in [0.5, 0.6) is 0 Å². The lowest BCUT2D eigenvalue weighted by Crippen LogP contribution is -2.37. The third kappa shape index (κ3) is 40.1. The Balaban J connectivity index is 3.45. The van der Waals surface area contributed by atoms with E-state index in [0.29, 0.717) is 39.1 Å². The maximum atomic E-state index is 12.1. The minimum atomic E-state index is -0.170. The Hall–Kier alpha value is -2.18. The van der Waals surface area contributed by atoms with Gasteiger partial charge in [0.15, 0.2) is 0 Å². The lowest BCUT2D eigenvalue weighted by Gasteiger charge is -2.17. The summed E-state index contributed by atoms with van der Waals surface area (Å²) in [5.74, 6) is -0.333. The molecule has 0 saturated carbocycles. The van der Waals surface area contributed by atoms with Crippen LogP contribution in [0.3, 0.4) is 0 Å². The van der Waals surface area contributed by atoms with E-state index in [-0.39, 0.29) is 11.9 Å². The summed E-state index contributed by atoms with van der Waals surface area (Å²) in [6, 6.07) is 0. The van der Waals surface area contributed by atoms with Crippen LogP contribution in [0.15, 0.2) is 48.6 Å². The fraction of sp³-hybridized carbons (Fsp3) is 0.767. The first-order valence-electron chi connectivity index (χ1n) is 20.5. The van der Waals surface area contributed by atoms with Crippen LogP contribution in [0, 0.1) is 0 Å². The summed E-state index contributed by atoms with van der Waals surface area (Å²) in [5.41, 5.74) is 3.16. The molecule has 0 aromatic carbocycles. The molecule has 49 heavy (non-hydrogen) atoms. The predicted octanol–water partition coefficient (Wildman–Crippen LogP) is 11.9. The molecule has 1 N–H and O–H groups in total. The van der Waals surface area contributed by atoms with Gasteiger partial charge in [0.25, 0.3) is 0 Å². The number of nitrogens with one attached hydrogen (secondary N) is 1. The Morgan fingerprint density at radius 3 is 1.29 bits per heavy atom. The number of allylic oxidation sites excluding steroid dienone is 8. The molecule has 0 amide bonds. The highest BCUT2D eigenvalue weighted by molar-refractivity contribution is 5.69. The monoisotopic (exact) mass is 687 g/mol. The molecule has 0 aliphatic rings. The maximum absolute atomic E-state index is 12.1. The van der Waals surface area contributed by atoms with Gasteiger partial charge in [-0.1, -0.05) is 140 Å². The van der Waals surface area contributed by atoms with Crippen LogP contribution >= 0.6 is 0 Å². The smallest absolute Gasteiger partial charge is 0.307 e. The summed E-state index contributed by atoms with van der Waals surface area (Å²) in [5, 5.41) is 1.84. The summed E-state index contributed by atoms with van der Waals surface area (Å²) in [7, 11) is 1.88. The van der Waals surface area contributed by atoms with Gasteiger partial charge in [0.2, 0.25) is 0 Å². The summed E-state index contributed by atoms with van der Waals surface area (Å²) in [6.07, 6.45) is 47.9. The second kappa shape index (κ2) is 40.3. The van der Waals surface area contributed by atoms with Gasteiger partial charge in [-0.3, -0.25) is 15.0 Å². The van der Waals surface area contributed by atoms with Gasteiger partial charge in [0.05, 0.1) is 26.1 Å². The molecule has 0 aliphatic carbocycles. The van der Waals surface area contributed by atoms with Gasteiger partial charge in [0, 0.05) is 20.1 Å². The molecule has 0 rings (SSSR count). The highest BCUT2D eigenvalue weighted by Crippen LogP contribution is 2.10. The number of esters is 2. The lowest BCUT2D eigenvalue weighted by atomic mass is 10.1. The number of nitrogens with zero attached hydrogens (tertiary/aromatic N) is 1. The SMILES string of the molecule is CCCCC/C=C\C/C=C\CCCCCCCCOC(=O)CCNN(C)CCC(=O)OCCCCCCCC/C=C\C/C=C\CCCCC. The van der Waals surface area contributed by atoms with E-state index in [4.69, 9.17) is 9.47 Å². The highest BCUT2D eigenvalue weighted by atomic mass is 16.5. The van der Waals surface area contributed by atoms with Crippen LogP contribution in [0.1, 0.15) is 181 Å². The van der Waals surface area contributed by atoms with Crippen LogP contribution in [0.2, 0.25) is 0 Å². The van der Waals surface area contributed by atoms with E-state index < -0.39 is 0 Å². The Labute approximate surface area is 303 Å². The molecule has 0 fully saturated rings. The van der Waals surface area contributed by atoms with E-state index in [0.717, 1.165) is 38.5 Å². The maximum Gasteiger partial charge on any atom is 0.307 e. The predicted molar refractivity (Wildman–Crippen MR) is 211 cm³/mol. The number of hydrogen-bond acceptors (Lipinski definition) is 6. The van der Waals surface area contributed by atoms with Crippen LogP contribution in [-0.2, 0) is 19.1 Å². The average molecular weight is 687 g/mol. The van der Waals surface area contributed by atoms with Crippen LogP contribution < -0.4 is 5.43 Å². The van der Waals surface area contributed by atoms with Crippen molar-refractivity contribution in [3.8, 4) is 0 Å². The number of ether oxygens (including phenoxy) is 2.